The second-order valence-corrected chi connectivity index (χ2v) is 6.54. The van der Waals surface area contributed by atoms with Crippen LogP contribution < -0.4 is 10.1 Å². The van der Waals surface area contributed by atoms with Crippen molar-refractivity contribution in [2.75, 3.05) is 18.5 Å². The van der Waals surface area contributed by atoms with Crippen LogP contribution in [0.15, 0.2) is 24.3 Å². The smallest absolute Gasteiger partial charge is 0.344 e. The summed E-state index contributed by atoms with van der Waals surface area (Å²) in [6.07, 6.45) is 0. The van der Waals surface area contributed by atoms with Gasteiger partial charge in [0.15, 0.2) is 19.0 Å². The number of carbonyl (C=O) groups excluding carboxylic acids is 2. The van der Waals surface area contributed by atoms with Gasteiger partial charge in [-0.3, -0.25) is 4.79 Å². The lowest BCUT2D eigenvalue weighted by Crippen LogP contribution is -2.24. The van der Waals surface area contributed by atoms with E-state index in [0.29, 0.717) is 21.5 Å². The van der Waals surface area contributed by atoms with Crippen LogP contribution in [0.5, 0.6) is 5.75 Å². The molecule has 138 valence electrons. The minimum atomic E-state index is -0.694. The number of rotatable bonds is 6. The molecule has 0 saturated heterocycles. The lowest BCUT2D eigenvalue weighted by Gasteiger charge is -2.10. The van der Waals surface area contributed by atoms with Crippen molar-refractivity contribution in [3.8, 4) is 5.75 Å². The molecule has 0 spiro atoms. The average molecular weight is 418 g/mol. The first kappa shape index (κ1) is 20.3. The summed E-state index contributed by atoms with van der Waals surface area (Å²) >= 11 is 17.7. The summed E-state index contributed by atoms with van der Waals surface area (Å²) in [7, 11) is 0. The second-order valence-electron chi connectivity index (χ2n) is 5.29. The van der Waals surface area contributed by atoms with Crippen LogP contribution in [0.25, 0.3) is 0 Å². The molecule has 0 radical (unpaired) electrons. The number of esters is 1. The number of hydrogen-bond donors (Lipinski definition) is 1. The summed E-state index contributed by atoms with van der Waals surface area (Å²) in [5.74, 6) is -0.635. The van der Waals surface area contributed by atoms with Gasteiger partial charge in [-0.15, -0.1) is 0 Å². The van der Waals surface area contributed by atoms with Crippen molar-refractivity contribution in [2.45, 2.75) is 13.8 Å². The molecule has 0 bridgehead atoms. The maximum absolute atomic E-state index is 11.9. The van der Waals surface area contributed by atoms with Gasteiger partial charge < -0.3 is 14.8 Å². The van der Waals surface area contributed by atoms with Crippen molar-refractivity contribution in [1.82, 2.24) is 4.98 Å². The number of halogens is 3. The molecule has 0 aliphatic carbocycles. The van der Waals surface area contributed by atoms with Crippen LogP contribution in [0, 0.1) is 13.8 Å². The molecule has 1 aromatic carbocycles. The minimum Gasteiger partial charge on any atom is -0.482 e. The molecule has 0 fully saturated rings. The molecule has 0 aliphatic rings. The molecule has 2 aromatic rings. The molecule has 26 heavy (non-hydrogen) atoms. The van der Waals surface area contributed by atoms with Crippen LogP contribution in [-0.4, -0.2) is 30.1 Å². The van der Waals surface area contributed by atoms with Crippen molar-refractivity contribution < 1.29 is 19.1 Å². The third-order valence-electron chi connectivity index (χ3n) is 3.21. The summed E-state index contributed by atoms with van der Waals surface area (Å²) in [5.41, 5.74) is 1.29. The Morgan fingerprint density at radius 2 is 1.81 bits per heavy atom. The van der Waals surface area contributed by atoms with E-state index in [0.717, 1.165) is 5.56 Å². The fraction of sp³-hybridized carbons (Fsp3) is 0.235. The van der Waals surface area contributed by atoms with E-state index in [1.165, 1.54) is 6.07 Å². The Bertz CT molecular complexity index is 843. The third-order valence-corrected chi connectivity index (χ3v) is 4.12. The molecule has 9 heteroatoms. The van der Waals surface area contributed by atoms with E-state index in [9.17, 15) is 9.59 Å². The highest BCUT2D eigenvalue weighted by atomic mass is 35.5. The number of nitrogens with zero attached hydrogens (tertiary/aromatic N) is 1. The standard InChI is InChI=1S/C17H15Cl3N2O4/c1-9-5-11(18)3-4-14(9)25-8-16(24)26-7-15(23)22-17-13(20)6-12(19)10(2)21-17/h3-6H,7-8H2,1-2H3,(H,21,22,23). The van der Waals surface area contributed by atoms with Gasteiger partial charge in [-0.2, -0.15) is 0 Å². The fourth-order valence-corrected chi connectivity index (χ4v) is 2.55. The number of anilines is 1. The quantitative estimate of drug-likeness (QED) is 0.712. The first-order valence-electron chi connectivity index (χ1n) is 7.43. The number of aromatic nitrogens is 1. The van der Waals surface area contributed by atoms with Gasteiger partial charge in [-0.1, -0.05) is 34.8 Å². The fourth-order valence-electron chi connectivity index (χ4n) is 1.91. The molecular formula is C17H15Cl3N2O4. The van der Waals surface area contributed by atoms with Crippen LogP contribution in [0.2, 0.25) is 15.1 Å². The van der Waals surface area contributed by atoms with Crippen molar-refractivity contribution >= 4 is 52.5 Å². The lowest BCUT2D eigenvalue weighted by molar-refractivity contribution is -0.149. The van der Waals surface area contributed by atoms with Crippen LogP contribution in [0.1, 0.15) is 11.3 Å². The van der Waals surface area contributed by atoms with E-state index < -0.39 is 18.5 Å². The van der Waals surface area contributed by atoms with E-state index in [-0.39, 0.29) is 17.4 Å². The number of hydrogen-bond acceptors (Lipinski definition) is 5. The second kappa shape index (κ2) is 9.07. The molecule has 1 heterocycles. The van der Waals surface area contributed by atoms with Crippen LogP contribution >= 0.6 is 34.8 Å². The number of aryl methyl sites for hydroxylation is 2. The summed E-state index contributed by atoms with van der Waals surface area (Å²) in [6.45, 7) is 2.63. The normalized spacial score (nSPS) is 10.3. The van der Waals surface area contributed by atoms with E-state index in [1.807, 2.05) is 0 Å². The zero-order valence-corrected chi connectivity index (χ0v) is 16.2. The highest BCUT2D eigenvalue weighted by Gasteiger charge is 2.13. The monoisotopic (exact) mass is 416 g/mol. The molecule has 0 atom stereocenters. The summed E-state index contributed by atoms with van der Waals surface area (Å²) in [4.78, 5) is 27.6. The van der Waals surface area contributed by atoms with E-state index in [1.54, 1.807) is 32.0 Å². The number of carbonyl (C=O) groups is 2. The molecule has 0 unspecified atom stereocenters. The van der Waals surface area contributed by atoms with Gasteiger partial charge in [0.25, 0.3) is 5.91 Å². The highest BCUT2D eigenvalue weighted by molar-refractivity contribution is 6.36. The Morgan fingerprint density at radius 3 is 2.50 bits per heavy atom. The van der Waals surface area contributed by atoms with Crippen LogP contribution in [-0.2, 0) is 14.3 Å². The minimum absolute atomic E-state index is 0.141. The van der Waals surface area contributed by atoms with Crippen molar-refractivity contribution in [3.63, 3.8) is 0 Å². The SMILES string of the molecule is Cc1cc(Cl)ccc1OCC(=O)OCC(=O)Nc1nc(C)c(Cl)cc1Cl. The Kier molecular flexibility index (Phi) is 7.08. The number of benzene rings is 1. The van der Waals surface area contributed by atoms with Gasteiger partial charge in [0, 0.05) is 5.02 Å². The molecule has 2 rings (SSSR count). The Labute approximate surface area is 165 Å². The molecule has 6 nitrogen and oxygen atoms in total. The summed E-state index contributed by atoms with van der Waals surface area (Å²) in [5, 5.41) is 3.58. The van der Waals surface area contributed by atoms with E-state index >= 15 is 0 Å². The van der Waals surface area contributed by atoms with Crippen molar-refractivity contribution in [3.05, 3.63) is 50.6 Å². The lowest BCUT2D eigenvalue weighted by atomic mass is 10.2. The highest BCUT2D eigenvalue weighted by Crippen LogP contribution is 2.25. The summed E-state index contributed by atoms with van der Waals surface area (Å²) < 4.78 is 10.2. The Hall–Kier alpha value is -2.02. The van der Waals surface area contributed by atoms with Crippen LogP contribution in [0.4, 0.5) is 5.82 Å². The molecule has 1 aromatic heterocycles. The Balaban J connectivity index is 1.81. The van der Waals surface area contributed by atoms with Gasteiger partial charge in [0.2, 0.25) is 0 Å². The van der Waals surface area contributed by atoms with Gasteiger partial charge in [0.05, 0.1) is 15.7 Å². The molecule has 0 aliphatic heterocycles. The summed E-state index contributed by atoms with van der Waals surface area (Å²) in [6, 6.07) is 6.47. The topological polar surface area (TPSA) is 77.5 Å². The number of pyridine rings is 1. The van der Waals surface area contributed by atoms with Gasteiger partial charge >= 0.3 is 5.97 Å². The zero-order valence-electron chi connectivity index (χ0n) is 13.9. The molecule has 1 N–H and O–H groups in total. The average Bonchev–Trinajstić information content (AvgIpc) is 2.57. The number of ether oxygens (including phenoxy) is 2. The van der Waals surface area contributed by atoms with Crippen LogP contribution in [0.3, 0.4) is 0 Å². The predicted octanol–water partition coefficient (Wildman–Crippen LogP) is 4.22. The third kappa shape index (κ3) is 5.76. The van der Waals surface area contributed by atoms with E-state index in [4.69, 9.17) is 44.3 Å². The molecule has 0 saturated carbocycles. The predicted molar refractivity (Wildman–Crippen MR) is 100 cm³/mol. The Morgan fingerprint density at radius 1 is 1.08 bits per heavy atom. The van der Waals surface area contributed by atoms with Gasteiger partial charge in [0.1, 0.15) is 5.75 Å². The van der Waals surface area contributed by atoms with E-state index in [2.05, 4.69) is 10.3 Å². The van der Waals surface area contributed by atoms with Gasteiger partial charge in [-0.25, -0.2) is 9.78 Å². The molecule has 1 amide bonds. The first-order valence-corrected chi connectivity index (χ1v) is 8.56. The maximum atomic E-state index is 11.9. The van der Waals surface area contributed by atoms with Gasteiger partial charge in [-0.05, 0) is 43.7 Å². The first-order chi connectivity index (χ1) is 12.3. The largest absolute Gasteiger partial charge is 0.482 e. The number of nitrogens with one attached hydrogen (secondary N) is 1. The molecular weight excluding hydrogens is 403 g/mol. The maximum Gasteiger partial charge on any atom is 0.344 e. The van der Waals surface area contributed by atoms with Crippen molar-refractivity contribution in [1.29, 1.82) is 0 Å². The zero-order chi connectivity index (χ0) is 19.3. The number of amides is 1. The van der Waals surface area contributed by atoms with Crippen molar-refractivity contribution in [2.24, 2.45) is 0 Å².